The van der Waals surface area contributed by atoms with E-state index in [0.29, 0.717) is 18.0 Å². The number of hydrogen-bond donors (Lipinski definition) is 1. The van der Waals surface area contributed by atoms with Crippen LogP contribution in [0.4, 0.5) is 0 Å². The molecule has 2 fully saturated rings. The van der Waals surface area contributed by atoms with E-state index in [4.69, 9.17) is 4.74 Å². The fourth-order valence-electron chi connectivity index (χ4n) is 4.70. The normalized spacial score (nSPS) is 24.9. The highest BCUT2D eigenvalue weighted by Crippen LogP contribution is 2.25. The molecule has 146 valence electrons. The fraction of sp³-hybridized carbons (Fsp3) is 0.609. The molecule has 0 bridgehead atoms. The van der Waals surface area contributed by atoms with Gasteiger partial charge in [0.15, 0.2) is 0 Å². The van der Waals surface area contributed by atoms with Gasteiger partial charge in [0.2, 0.25) is 0 Å². The molecular formula is C23H33N3O. The molecule has 0 aliphatic carbocycles. The number of rotatable bonds is 6. The Hall–Kier alpha value is -1.49. The van der Waals surface area contributed by atoms with Crippen molar-refractivity contribution in [2.75, 3.05) is 32.8 Å². The third-order valence-electron chi connectivity index (χ3n) is 6.08. The van der Waals surface area contributed by atoms with Crippen LogP contribution in [-0.4, -0.2) is 54.8 Å². The first kappa shape index (κ1) is 18.9. The maximum Gasteiger partial charge on any atom is 0.0704 e. The van der Waals surface area contributed by atoms with Crippen molar-refractivity contribution in [3.05, 3.63) is 42.1 Å². The topological polar surface area (TPSA) is 37.4 Å². The Balaban J connectivity index is 1.36. The molecule has 2 atom stereocenters. The minimum absolute atomic E-state index is 0.471. The second kappa shape index (κ2) is 8.68. The minimum atomic E-state index is 0.471. The van der Waals surface area contributed by atoms with E-state index in [0.717, 1.165) is 31.1 Å². The number of aromatic nitrogens is 1. The van der Waals surface area contributed by atoms with Crippen molar-refractivity contribution < 1.29 is 4.74 Å². The molecule has 3 heterocycles. The minimum Gasteiger partial charge on any atom is -0.379 e. The van der Waals surface area contributed by atoms with Crippen LogP contribution in [0.15, 0.2) is 36.5 Å². The van der Waals surface area contributed by atoms with E-state index in [9.17, 15) is 0 Å². The second-order valence-electron chi connectivity index (χ2n) is 8.73. The highest BCUT2D eigenvalue weighted by atomic mass is 16.5. The van der Waals surface area contributed by atoms with E-state index < -0.39 is 0 Å². The number of benzene rings is 1. The number of nitrogens with zero attached hydrogens (tertiary/aromatic N) is 2. The molecule has 27 heavy (non-hydrogen) atoms. The van der Waals surface area contributed by atoms with Gasteiger partial charge in [0.05, 0.1) is 18.7 Å². The number of nitrogens with one attached hydrogen (secondary N) is 1. The summed E-state index contributed by atoms with van der Waals surface area (Å²) in [7, 11) is 0. The van der Waals surface area contributed by atoms with E-state index in [1.807, 2.05) is 6.20 Å². The smallest absolute Gasteiger partial charge is 0.0704 e. The average Bonchev–Trinajstić information content (AvgIpc) is 3.10. The summed E-state index contributed by atoms with van der Waals surface area (Å²) >= 11 is 0. The van der Waals surface area contributed by atoms with Gasteiger partial charge in [-0.3, -0.25) is 4.98 Å². The van der Waals surface area contributed by atoms with Gasteiger partial charge in [-0.25, -0.2) is 0 Å². The van der Waals surface area contributed by atoms with Gasteiger partial charge in [0.1, 0.15) is 0 Å². The molecule has 0 unspecified atom stereocenters. The van der Waals surface area contributed by atoms with E-state index in [-0.39, 0.29) is 0 Å². The number of para-hydroxylation sites is 1. The standard InChI is InChI=1S/C23H33N3O/c1-17(2)14-26-11-8-20(9-12-26)25-23-16-27-15-19(23)13-18-7-10-24-22-6-4-3-5-21(18)22/h3-7,10,17,19-20,23,25H,8-9,11-16H2,1-2H3/t19-,23+/m1/s1. The highest BCUT2D eigenvalue weighted by molar-refractivity contribution is 5.81. The van der Waals surface area contributed by atoms with Gasteiger partial charge in [-0.1, -0.05) is 32.0 Å². The lowest BCUT2D eigenvalue weighted by Crippen LogP contribution is -2.49. The Morgan fingerprint density at radius 1 is 1.15 bits per heavy atom. The summed E-state index contributed by atoms with van der Waals surface area (Å²) in [5.41, 5.74) is 2.49. The number of pyridine rings is 1. The molecule has 2 aromatic rings. The summed E-state index contributed by atoms with van der Waals surface area (Å²) in [6.45, 7) is 10.0. The van der Waals surface area contributed by atoms with Crippen LogP contribution in [0.2, 0.25) is 0 Å². The zero-order chi connectivity index (χ0) is 18.6. The fourth-order valence-corrected chi connectivity index (χ4v) is 4.70. The van der Waals surface area contributed by atoms with Gasteiger partial charge in [0, 0.05) is 36.1 Å². The van der Waals surface area contributed by atoms with E-state index in [1.54, 1.807) is 0 Å². The van der Waals surface area contributed by atoms with Gasteiger partial charge >= 0.3 is 0 Å². The quantitative estimate of drug-likeness (QED) is 0.848. The molecule has 2 aliphatic heterocycles. The van der Waals surface area contributed by atoms with Gasteiger partial charge in [0.25, 0.3) is 0 Å². The van der Waals surface area contributed by atoms with Gasteiger partial charge in [-0.15, -0.1) is 0 Å². The lowest BCUT2D eigenvalue weighted by molar-refractivity contribution is 0.163. The number of hydrogen-bond acceptors (Lipinski definition) is 4. The third kappa shape index (κ3) is 4.68. The van der Waals surface area contributed by atoms with Crippen molar-refractivity contribution in [3.63, 3.8) is 0 Å². The van der Waals surface area contributed by atoms with Crippen LogP contribution in [0.3, 0.4) is 0 Å². The van der Waals surface area contributed by atoms with Crippen LogP contribution >= 0.6 is 0 Å². The van der Waals surface area contributed by atoms with Crippen LogP contribution in [0.1, 0.15) is 32.3 Å². The number of likely N-dealkylation sites (tertiary alicyclic amines) is 1. The Kier molecular flexibility index (Phi) is 6.06. The molecule has 0 amide bonds. The number of ether oxygens (including phenoxy) is 1. The Labute approximate surface area is 163 Å². The Morgan fingerprint density at radius 3 is 2.78 bits per heavy atom. The average molecular weight is 368 g/mol. The largest absolute Gasteiger partial charge is 0.379 e. The van der Waals surface area contributed by atoms with Crippen LogP contribution in [0.25, 0.3) is 10.9 Å². The van der Waals surface area contributed by atoms with E-state index >= 15 is 0 Å². The SMILES string of the molecule is CC(C)CN1CCC(N[C@H]2COC[C@H]2Cc2ccnc3ccccc23)CC1. The third-order valence-corrected chi connectivity index (χ3v) is 6.08. The first-order valence-electron chi connectivity index (χ1n) is 10.6. The summed E-state index contributed by atoms with van der Waals surface area (Å²) in [5, 5.41) is 5.23. The molecule has 2 saturated heterocycles. The molecule has 2 aliphatic rings. The van der Waals surface area contributed by atoms with Crippen molar-refractivity contribution in [1.29, 1.82) is 0 Å². The van der Waals surface area contributed by atoms with Crippen molar-refractivity contribution in [3.8, 4) is 0 Å². The zero-order valence-electron chi connectivity index (χ0n) is 16.7. The van der Waals surface area contributed by atoms with Crippen molar-refractivity contribution >= 4 is 10.9 Å². The molecule has 4 nitrogen and oxygen atoms in total. The Morgan fingerprint density at radius 2 is 1.96 bits per heavy atom. The predicted molar refractivity (Wildman–Crippen MR) is 111 cm³/mol. The summed E-state index contributed by atoms with van der Waals surface area (Å²) < 4.78 is 5.88. The first-order valence-corrected chi connectivity index (χ1v) is 10.6. The molecule has 4 rings (SSSR count). The number of fused-ring (bicyclic) bond motifs is 1. The summed E-state index contributed by atoms with van der Waals surface area (Å²) in [6.07, 6.45) is 5.52. The van der Waals surface area contributed by atoms with Crippen LogP contribution in [0, 0.1) is 11.8 Å². The molecule has 0 saturated carbocycles. The predicted octanol–water partition coefficient (Wildman–Crippen LogP) is 3.50. The molecule has 1 N–H and O–H groups in total. The number of piperidine rings is 1. The first-order chi connectivity index (χ1) is 13.2. The molecule has 1 aromatic heterocycles. The van der Waals surface area contributed by atoms with Crippen LogP contribution in [-0.2, 0) is 11.2 Å². The molecule has 0 radical (unpaired) electrons. The summed E-state index contributed by atoms with van der Waals surface area (Å²) in [6, 6.07) is 11.8. The Bertz CT molecular complexity index is 734. The van der Waals surface area contributed by atoms with E-state index in [1.165, 1.54) is 43.4 Å². The molecular weight excluding hydrogens is 334 g/mol. The van der Waals surface area contributed by atoms with Crippen molar-refractivity contribution in [1.82, 2.24) is 15.2 Å². The highest BCUT2D eigenvalue weighted by Gasteiger charge is 2.31. The summed E-state index contributed by atoms with van der Waals surface area (Å²) in [4.78, 5) is 7.12. The van der Waals surface area contributed by atoms with Crippen LogP contribution < -0.4 is 5.32 Å². The maximum absolute atomic E-state index is 5.88. The zero-order valence-corrected chi connectivity index (χ0v) is 16.7. The molecule has 1 aromatic carbocycles. The lowest BCUT2D eigenvalue weighted by atomic mass is 9.92. The van der Waals surface area contributed by atoms with Crippen molar-refractivity contribution in [2.24, 2.45) is 11.8 Å². The summed E-state index contributed by atoms with van der Waals surface area (Å²) in [5.74, 6) is 1.31. The lowest BCUT2D eigenvalue weighted by Gasteiger charge is -2.35. The molecule has 0 spiro atoms. The molecule has 4 heteroatoms. The van der Waals surface area contributed by atoms with Gasteiger partial charge in [-0.05, 0) is 56.0 Å². The monoisotopic (exact) mass is 367 g/mol. The second-order valence-corrected chi connectivity index (χ2v) is 8.73. The van der Waals surface area contributed by atoms with Gasteiger partial charge < -0.3 is 15.0 Å². The maximum atomic E-state index is 5.88. The van der Waals surface area contributed by atoms with Crippen LogP contribution in [0.5, 0.6) is 0 Å². The van der Waals surface area contributed by atoms with Gasteiger partial charge in [-0.2, -0.15) is 0 Å². The van der Waals surface area contributed by atoms with E-state index in [2.05, 4.69) is 59.4 Å². The van der Waals surface area contributed by atoms with Crippen molar-refractivity contribution in [2.45, 2.75) is 45.2 Å².